The van der Waals surface area contributed by atoms with Crippen molar-refractivity contribution in [3.63, 3.8) is 0 Å². The zero-order chi connectivity index (χ0) is 9.42. The number of aromatic amines is 1. The highest BCUT2D eigenvalue weighted by Crippen LogP contribution is 2.20. The van der Waals surface area contributed by atoms with Crippen molar-refractivity contribution in [1.29, 1.82) is 0 Å². The van der Waals surface area contributed by atoms with Crippen LogP contribution in [0.25, 0.3) is 11.2 Å². The number of alkyl halides is 2. The van der Waals surface area contributed by atoms with Crippen molar-refractivity contribution in [2.24, 2.45) is 0 Å². The number of pyridine rings is 1. The lowest BCUT2D eigenvalue weighted by atomic mass is 10.4. The number of fused-ring (bicyclic) bond motifs is 1. The van der Waals surface area contributed by atoms with Gasteiger partial charge in [0, 0.05) is 6.20 Å². The highest BCUT2D eigenvalue weighted by atomic mass is 35.5. The van der Waals surface area contributed by atoms with Gasteiger partial charge in [-0.05, 0) is 6.07 Å². The molecule has 2 aromatic heterocycles. The van der Waals surface area contributed by atoms with E-state index < -0.39 is 6.43 Å². The molecule has 0 aliphatic carbocycles. The van der Waals surface area contributed by atoms with Crippen LogP contribution >= 0.6 is 11.6 Å². The van der Waals surface area contributed by atoms with E-state index in [0.29, 0.717) is 16.2 Å². The fourth-order valence-electron chi connectivity index (χ4n) is 0.993. The highest BCUT2D eigenvalue weighted by Gasteiger charge is 2.12. The predicted octanol–water partition coefficient (Wildman–Crippen LogP) is 2.55. The monoisotopic (exact) mass is 203 g/mol. The maximum atomic E-state index is 12.2. The number of rotatable bonds is 1. The van der Waals surface area contributed by atoms with Gasteiger partial charge in [-0.25, -0.2) is 18.7 Å². The van der Waals surface area contributed by atoms with E-state index in [4.69, 9.17) is 11.6 Å². The van der Waals surface area contributed by atoms with Gasteiger partial charge in [-0.2, -0.15) is 0 Å². The maximum Gasteiger partial charge on any atom is 0.295 e. The van der Waals surface area contributed by atoms with Crippen molar-refractivity contribution in [3.05, 3.63) is 23.1 Å². The number of halogens is 3. The molecule has 0 saturated heterocycles. The number of hydrogen-bond donors (Lipinski definition) is 1. The van der Waals surface area contributed by atoms with Crippen LogP contribution < -0.4 is 0 Å². The zero-order valence-electron chi connectivity index (χ0n) is 6.26. The number of aromatic nitrogens is 3. The molecule has 0 unspecified atom stereocenters. The minimum Gasteiger partial charge on any atom is -0.322 e. The van der Waals surface area contributed by atoms with Crippen molar-refractivity contribution in [3.8, 4) is 0 Å². The average molecular weight is 204 g/mol. The van der Waals surface area contributed by atoms with Gasteiger partial charge in [0.15, 0.2) is 11.5 Å². The molecule has 0 radical (unpaired) electrons. The molecule has 0 amide bonds. The van der Waals surface area contributed by atoms with Gasteiger partial charge in [0.25, 0.3) is 6.43 Å². The SMILES string of the molecule is FC(F)c1nc2cc(Cl)cnc2[nH]1. The van der Waals surface area contributed by atoms with Crippen molar-refractivity contribution in [1.82, 2.24) is 15.0 Å². The second-order valence-electron chi connectivity index (χ2n) is 2.44. The first-order valence-corrected chi connectivity index (χ1v) is 3.84. The maximum absolute atomic E-state index is 12.2. The molecule has 6 heteroatoms. The molecule has 2 aromatic rings. The number of imidazole rings is 1. The Morgan fingerprint density at radius 3 is 2.92 bits per heavy atom. The topological polar surface area (TPSA) is 41.6 Å². The first-order valence-electron chi connectivity index (χ1n) is 3.46. The molecule has 0 fully saturated rings. The minimum atomic E-state index is -2.62. The van der Waals surface area contributed by atoms with Crippen molar-refractivity contribution in [2.45, 2.75) is 6.43 Å². The molecule has 2 rings (SSSR count). The fraction of sp³-hybridized carbons (Fsp3) is 0.143. The quantitative estimate of drug-likeness (QED) is 0.774. The summed E-state index contributed by atoms with van der Waals surface area (Å²) in [6, 6.07) is 1.48. The van der Waals surface area contributed by atoms with Crippen molar-refractivity contribution >= 4 is 22.8 Å². The first kappa shape index (κ1) is 8.37. The second kappa shape index (κ2) is 2.92. The van der Waals surface area contributed by atoms with Crippen LogP contribution in [0.1, 0.15) is 12.2 Å². The standard InChI is InChI=1S/C7H4ClF2N3/c8-3-1-4-6(11-2-3)13-7(12-4)5(9)10/h1-2,5H,(H,11,12,13). The molecule has 3 nitrogen and oxygen atoms in total. The van der Waals surface area contributed by atoms with Gasteiger partial charge in [-0.3, -0.25) is 0 Å². The summed E-state index contributed by atoms with van der Waals surface area (Å²) in [7, 11) is 0. The van der Waals surface area contributed by atoms with E-state index in [-0.39, 0.29) is 5.82 Å². The summed E-state index contributed by atoms with van der Waals surface area (Å²) >= 11 is 5.60. The molecule has 13 heavy (non-hydrogen) atoms. The van der Waals surface area contributed by atoms with Crippen LogP contribution in [0.15, 0.2) is 12.3 Å². The Labute approximate surface area is 76.8 Å². The third-order valence-corrected chi connectivity index (χ3v) is 1.73. The van der Waals surface area contributed by atoms with Gasteiger partial charge in [0.1, 0.15) is 5.52 Å². The van der Waals surface area contributed by atoms with E-state index in [0.717, 1.165) is 0 Å². The summed E-state index contributed by atoms with van der Waals surface area (Å²) in [4.78, 5) is 9.81. The van der Waals surface area contributed by atoms with Gasteiger partial charge in [0.05, 0.1) is 5.02 Å². The summed E-state index contributed by atoms with van der Waals surface area (Å²) in [5, 5.41) is 0.375. The van der Waals surface area contributed by atoms with Gasteiger partial charge < -0.3 is 4.98 Å². The van der Waals surface area contributed by atoms with Crippen LogP contribution in [-0.4, -0.2) is 15.0 Å². The van der Waals surface area contributed by atoms with Crippen LogP contribution in [-0.2, 0) is 0 Å². The van der Waals surface area contributed by atoms with Crippen LogP contribution in [0.3, 0.4) is 0 Å². The Kier molecular flexibility index (Phi) is 1.88. The average Bonchev–Trinajstić information content (AvgIpc) is 2.46. The summed E-state index contributed by atoms with van der Waals surface area (Å²) < 4.78 is 24.3. The third-order valence-electron chi connectivity index (χ3n) is 1.53. The van der Waals surface area contributed by atoms with Gasteiger partial charge >= 0.3 is 0 Å². The normalized spacial score (nSPS) is 11.4. The van der Waals surface area contributed by atoms with Crippen LogP contribution in [0.4, 0.5) is 8.78 Å². The van der Waals surface area contributed by atoms with Crippen molar-refractivity contribution in [2.75, 3.05) is 0 Å². The summed E-state index contributed by atoms with van der Waals surface area (Å²) in [6.07, 6.45) is -1.25. The lowest BCUT2D eigenvalue weighted by Gasteiger charge is -1.87. The molecule has 1 N–H and O–H groups in total. The molecule has 0 atom stereocenters. The number of hydrogen-bond acceptors (Lipinski definition) is 2. The molecule has 0 spiro atoms. The van der Waals surface area contributed by atoms with Crippen LogP contribution in [0, 0.1) is 0 Å². The minimum absolute atomic E-state index is 0.319. The van der Waals surface area contributed by atoms with Gasteiger partial charge in [0.2, 0.25) is 0 Å². The van der Waals surface area contributed by atoms with E-state index in [2.05, 4.69) is 15.0 Å². The van der Waals surface area contributed by atoms with Gasteiger partial charge in [-0.15, -0.1) is 0 Å². The van der Waals surface area contributed by atoms with E-state index in [1.165, 1.54) is 12.3 Å². The summed E-state index contributed by atoms with van der Waals surface area (Å²) in [5.74, 6) is -0.384. The van der Waals surface area contributed by atoms with Crippen molar-refractivity contribution < 1.29 is 8.78 Å². The summed E-state index contributed by atoms with van der Waals surface area (Å²) in [5.41, 5.74) is 0.669. The summed E-state index contributed by atoms with van der Waals surface area (Å²) in [6.45, 7) is 0. The molecule has 0 aromatic carbocycles. The Morgan fingerprint density at radius 2 is 2.23 bits per heavy atom. The predicted molar refractivity (Wildman–Crippen MR) is 43.9 cm³/mol. The lowest BCUT2D eigenvalue weighted by Crippen LogP contribution is -1.85. The largest absolute Gasteiger partial charge is 0.322 e. The Balaban J connectivity index is 2.62. The van der Waals surface area contributed by atoms with E-state index in [9.17, 15) is 8.78 Å². The van der Waals surface area contributed by atoms with E-state index >= 15 is 0 Å². The lowest BCUT2D eigenvalue weighted by molar-refractivity contribution is 0.142. The highest BCUT2D eigenvalue weighted by molar-refractivity contribution is 6.30. The molecule has 0 saturated carbocycles. The Bertz CT molecular complexity index is 440. The van der Waals surface area contributed by atoms with E-state index in [1.54, 1.807) is 0 Å². The molecule has 0 aliphatic heterocycles. The van der Waals surface area contributed by atoms with E-state index in [1.807, 2.05) is 0 Å². The molecule has 68 valence electrons. The third kappa shape index (κ3) is 1.47. The second-order valence-corrected chi connectivity index (χ2v) is 2.88. The number of nitrogens with zero attached hydrogens (tertiary/aromatic N) is 2. The number of H-pyrrole nitrogens is 1. The number of nitrogens with one attached hydrogen (secondary N) is 1. The van der Waals surface area contributed by atoms with Crippen LogP contribution in [0.2, 0.25) is 5.02 Å². The molecule has 0 aliphatic rings. The van der Waals surface area contributed by atoms with Gasteiger partial charge in [-0.1, -0.05) is 11.6 Å². The molecule has 0 bridgehead atoms. The Morgan fingerprint density at radius 1 is 1.46 bits per heavy atom. The van der Waals surface area contributed by atoms with Crippen LogP contribution in [0.5, 0.6) is 0 Å². The molecule has 2 heterocycles. The Hall–Kier alpha value is -1.23. The zero-order valence-corrected chi connectivity index (χ0v) is 7.02. The fourth-order valence-corrected chi connectivity index (χ4v) is 1.14. The first-order chi connectivity index (χ1) is 6.16. The molecular weight excluding hydrogens is 200 g/mol. The molecular formula is C7H4ClF2N3. The smallest absolute Gasteiger partial charge is 0.295 e.